The van der Waals surface area contributed by atoms with Crippen molar-refractivity contribution in [3.05, 3.63) is 152 Å². The highest BCUT2D eigenvalue weighted by Gasteiger charge is 2.36. The first-order valence-electron chi connectivity index (χ1n) is 11.2. The number of hydrogen-bond donors (Lipinski definition) is 0. The largest absolute Gasteiger partial charge is 0.270 e. The molecule has 0 radical (unpaired) electrons. The van der Waals surface area contributed by atoms with Crippen LogP contribution in [-0.2, 0) is 0 Å². The minimum absolute atomic E-state index is 0.165. The topological polar surface area (TPSA) is 84.4 Å². The normalized spacial score (nSPS) is 15.6. The van der Waals surface area contributed by atoms with Crippen LogP contribution in [0, 0.1) is 53.7 Å². The first-order valence-corrected chi connectivity index (χ1v) is 11.2. The summed E-state index contributed by atoms with van der Waals surface area (Å²) in [4.78, 5) is 10.7. The van der Waals surface area contributed by atoms with Gasteiger partial charge in [0.2, 0.25) is 5.70 Å². The summed E-state index contributed by atoms with van der Waals surface area (Å²) in [7, 11) is 0. The van der Waals surface area contributed by atoms with Gasteiger partial charge in [-0.1, -0.05) is 66.7 Å². The van der Waals surface area contributed by atoms with E-state index in [0.717, 1.165) is 0 Å². The van der Waals surface area contributed by atoms with Crippen LogP contribution in [0.15, 0.2) is 84.2 Å². The van der Waals surface area contributed by atoms with E-state index in [2.05, 4.69) is 20.6 Å². The molecule has 0 aromatic heterocycles. The zero-order chi connectivity index (χ0) is 26.8. The van der Waals surface area contributed by atoms with Gasteiger partial charge in [0.05, 0.1) is 37.4 Å². The van der Waals surface area contributed by atoms with Crippen LogP contribution in [0.4, 0.5) is 0 Å². The van der Waals surface area contributed by atoms with Gasteiger partial charge in [0.25, 0.3) is 11.4 Å². The minimum Gasteiger partial charge on any atom is -0.237 e. The molecule has 0 amide bonds. The highest BCUT2D eigenvalue weighted by Crippen LogP contribution is 2.54. The van der Waals surface area contributed by atoms with Crippen LogP contribution in [0.3, 0.4) is 0 Å². The zero-order valence-corrected chi connectivity index (χ0v) is 19.6. The van der Waals surface area contributed by atoms with Crippen molar-refractivity contribution in [2.75, 3.05) is 0 Å². The SMILES string of the molecule is [C-]#[N+]C1=C(c2ccccc2)/C(=C(/C#N)[N+]#[C-])c2cc3c(cc21)/C(=C(/C#N)[N+]#[C-])C(c1ccccc1)=C3C#N. The summed E-state index contributed by atoms with van der Waals surface area (Å²) in [6.45, 7) is 23.3. The van der Waals surface area contributed by atoms with Crippen molar-refractivity contribution in [2.24, 2.45) is 0 Å². The molecular weight excluding hydrogens is 468 g/mol. The highest BCUT2D eigenvalue weighted by molar-refractivity contribution is 6.29. The monoisotopic (exact) mass is 480 g/mol. The van der Waals surface area contributed by atoms with Crippen molar-refractivity contribution >= 4 is 33.6 Å². The number of allylic oxidation sites excluding steroid dienone is 7. The fourth-order valence-electron chi connectivity index (χ4n) is 4.98. The Morgan fingerprint density at radius 3 is 1.55 bits per heavy atom. The van der Waals surface area contributed by atoms with Gasteiger partial charge >= 0.3 is 0 Å². The lowest BCUT2D eigenvalue weighted by Crippen LogP contribution is -1.94. The van der Waals surface area contributed by atoms with Crippen LogP contribution in [0.25, 0.3) is 48.1 Å². The summed E-state index contributed by atoms with van der Waals surface area (Å²) in [5, 5.41) is 29.9. The van der Waals surface area contributed by atoms with E-state index in [9.17, 15) is 15.8 Å². The smallest absolute Gasteiger partial charge is 0.237 e. The minimum atomic E-state index is -0.167. The van der Waals surface area contributed by atoms with Crippen LogP contribution in [0.5, 0.6) is 0 Å². The van der Waals surface area contributed by atoms with Crippen molar-refractivity contribution < 1.29 is 0 Å². The standard InChI is InChI=1S/C32H12N6/c1-36-26(17-34)30-22-15-24-23(14-21(22)25(16-33)28(30)19-10-6-4-7-11-19)31(27(18-35)37-2)29(32(24)38-3)20-12-8-5-9-13-20/h4-15H/b30-26+,31-27-. The Morgan fingerprint density at radius 2 is 1.08 bits per heavy atom. The lowest BCUT2D eigenvalue weighted by atomic mass is 9.92. The van der Waals surface area contributed by atoms with E-state index in [-0.39, 0.29) is 22.7 Å². The Labute approximate surface area is 219 Å². The maximum atomic E-state index is 10.3. The van der Waals surface area contributed by atoms with Crippen LogP contribution in [-0.4, -0.2) is 0 Å². The third kappa shape index (κ3) is 3.29. The predicted octanol–water partition coefficient (Wildman–Crippen LogP) is 7.24. The third-order valence-electron chi connectivity index (χ3n) is 6.47. The van der Waals surface area contributed by atoms with Gasteiger partial charge in [-0.3, -0.25) is 0 Å². The average molecular weight is 480 g/mol. The number of rotatable bonds is 2. The van der Waals surface area contributed by atoms with E-state index in [1.165, 1.54) is 0 Å². The van der Waals surface area contributed by atoms with E-state index in [0.29, 0.717) is 55.7 Å². The molecule has 38 heavy (non-hydrogen) atoms. The maximum absolute atomic E-state index is 10.3. The van der Waals surface area contributed by atoms with Crippen LogP contribution in [0.2, 0.25) is 0 Å². The van der Waals surface area contributed by atoms with Gasteiger partial charge in [0.15, 0.2) is 0 Å². The third-order valence-corrected chi connectivity index (χ3v) is 6.47. The number of fused-ring (bicyclic) bond motifs is 2. The molecule has 3 aromatic carbocycles. The van der Waals surface area contributed by atoms with Gasteiger partial charge in [-0.25, -0.2) is 25.1 Å². The molecule has 2 aliphatic rings. The number of hydrogen-bond acceptors (Lipinski definition) is 3. The van der Waals surface area contributed by atoms with Gasteiger partial charge in [-0.05, 0) is 56.2 Å². The molecule has 3 aromatic rings. The Morgan fingerprint density at radius 1 is 0.605 bits per heavy atom. The zero-order valence-electron chi connectivity index (χ0n) is 19.6. The Hall–Kier alpha value is -6.44. The number of benzene rings is 3. The molecule has 0 spiro atoms. The van der Waals surface area contributed by atoms with Gasteiger partial charge < -0.3 is 0 Å². The molecule has 6 nitrogen and oxygen atoms in total. The van der Waals surface area contributed by atoms with Crippen molar-refractivity contribution in [3.63, 3.8) is 0 Å². The quantitative estimate of drug-likeness (QED) is 0.286. The van der Waals surface area contributed by atoms with Gasteiger partial charge in [-0.15, -0.1) is 0 Å². The van der Waals surface area contributed by atoms with E-state index < -0.39 is 0 Å². The molecule has 0 N–H and O–H groups in total. The summed E-state index contributed by atoms with van der Waals surface area (Å²) < 4.78 is 0. The lowest BCUT2D eigenvalue weighted by molar-refractivity contribution is 1.47. The molecule has 2 aliphatic carbocycles. The predicted molar refractivity (Wildman–Crippen MR) is 143 cm³/mol. The van der Waals surface area contributed by atoms with E-state index in [4.69, 9.17) is 19.7 Å². The summed E-state index contributed by atoms with van der Waals surface area (Å²) >= 11 is 0. The molecule has 0 unspecified atom stereocenters. The Kier molecular flexibility index (Phi) is 5.71. The van der Waals surface area contributed by atoms with Gasteiger partial charge in [0.1, 0.15) is 6.07 Å². The Bertz CT molecular complexity index is 1770. The molecule has 0 aliphatic heterocycles. The summed E-state index contributed by atoms with van der Waals surface area (Å²) in [6, 6.07) is 27.7. The molecule has 170 valence electrons. The first kappa shape index (κ1) is 23.3. The average Bonchev–Trinajstić information content (AvgIpc) is 3.46. The molecule has 0 saturated carbocycles. The van der Waals surface area contributed by atoms with Gasteiger partial charge in [-0.2, -0.15) is 5.26 Å². The van der Waals surface area contributed by atoms with E-state index >= 15 is 0 Å². The summed E-state index contributed by atoms with van der Waals surface area (Å²) in [6.07, 6.45) is 0. The molecule has 5 rings (SSSR count). The number of nitrogens with zero attached hydrogens (tertiary/aromatic N) is 6. The second-order valence-corrected chi connectivity index (χ2v) is 8.27. The van der Waals surface area contributed by atoms with Gasteiger partial charge in [0, 0.05) is 5.57 Å². The molecule has 0 bridgehead atoms. The van der Waals surface area contributed by atoms with Crippen LogP contribution in [0.1, 0.15) is 33.4 Å². The summed E-state index contributed by atoms with van der Waals surface area (Å²) in [5.74, 6) is 0. The van der Waals surface area contributed by atoms with Crippen molar-refractivity contribution in [1.29, 1.82) is 15.8 Å². The van der Waals surface area contributed by atoms with Crippen molar-refractivity contribution in [3.8, 4) is 18.2 Å². The van der Waals surface area contributed by atoms with Crippen LogP contribution >= 0.6 is 0 Å². The summed E-state index contributed by atoms with van der Waals surface area (Å²) in [5.41, 5.74) is 5.09. The molecule has 0 heterocycles. The molecule has 0 fully saturated rings. The fraction of sp³-hybridized carbons (Fsp3) is 0. The maximum Gasteiger partial charge on any atom is 0.270 e. The second-order valence-electron chi connectivity index (χ2n) is 8.27. The lowest BCUT2D eigenvalue weighted by Gasteiger charge is -2.11. The first-order chi connectivity index (χ1) is 18.6. The highest BCUT2D eigenvalue weighted by atomic mass is 14.7. The number of nitriles is 3. The Balaban J connectivity index is 1.94. The van der Waals surface area contributed by atoms with Crippen molar-refractivity contribution in [1.82, 2.24) is 0 Å². The molecule has 0 atom stereocenters. The fourth-order valence-corrected chi connectivity index (χ4v) is 4.98. The second kappa shape index (κ2) is 9.31. The molecule has 0 saturated heterocycles. The van der Waals surface area contributed by atoms with E-state index in [1.54, 1.807) is 24.3 Å². The van der Waals surface area contributed by atoms with Crippen LogP contribution < -0.4 is 0 Å². The molecule has 6 heteroatoms. The molecular formula is C32H12N6. The van der Waals surface area contributed by atoms with E-state index in [1.807, 2.05) is 60.7 Å². The van der Waals surface area contributed by atoms with Crippen molar-refractivity contribution in [2.45, 2.75) is 0 Å².